The van der Waals surface area contributed by atoms with Crippen molar-refractivity contribution < 1.29 is 9.90 Å². The number of urea groups is 1. The minimum absolute atomic E-state index is 0.187. The highest BCUT2D eigenvalue weighted by atomic mass is 16.3. The SMILES string of the molecule is O=C(NCC1CCC(O)C1)Nc1cccc2ccccc12. The fraction of sp³-hybridized carbons (Fsp3) is 0.353. The topological polar surface area (TPSA) is 61.4 Å². The lowest BCUT2D eigenvalue weighted by Gasteiger charge is -2.13. The van der Waals surface area contributed by atoms with Gasteiger partial charge in [-0.05, 0) is 36.6 Å². The Morgan fingerprint density at radius 2 is 1.95 bits per heavy atom. The third-order valence-corrected chi connectivity index (χ3v) is 4.10. The highest BCUT2D eigenvalue weighted by Gasteiger charge is 2.22. The number of anilines is 1. The molecule has 1 aliphatic carbocycles. The van der Waals surface area contributed by atoms with Crippen molar-refractivity contribution in [3.63, 3.8) is 0 Å². The summed E-state index contributed by atoms with van der Waals surface area (Å²) in [6.07, 6.45) is 2.42. The van der Waals surface area contributed by atoms with Crippen LogP contribution < -0.4 is 10.6 Å². The van der Waals surface area contributed by atoms with E-state index in [0.717, 1.165) is 35.7 Å². The maximum Gasteiger partial charge on any atom is 0.319 e. The second-order valence-corrected chi connectivity index (χ2v) is 5.69. The van der Waals surface area contributed by atoms with E-state index >= 15 is 0 Å². The Balaban J connectivity index is 1.61. The van der Waals surface area contributed by atoms with Gasteiger partial charge >= 0.3 is 6.03 Å². The van der Waals surface area contributed by atoms with Crippen LogP contribution in [0.4, 0.5) is 10.5 Å². The predicted molar refractivity (Wildman–Crippen MR) is 84.3 cm³/mol. The average Bonchev–Trinajstić information content (AvgIpc) is 2.91. The zero-order valence-electron chi connectivity index (χ0n) is 11.9. The Bertz CT molecular complexity index is 636. The van der Waals surface area contributed by atoms with Crippen LogP contribution in [0.1, 0.15) is 19.3 Å². The number of nitrogens with one attached hydrogen (secondary N) is 2. The lowest BCUT2D eigenvalue weighted by atomic mass is 10.1. The van der Waals surface area contributed by atoms with E-state index in [1.807, 2.05) is 42.5 Å². The maximum absolute atomic E-state index is 12.0. The summed E-state index contributed by atoms with van der Waals surface area (Å²) >= 11 is 0. The molecule has 1 saturated carbocycles. The van der Waals surface area contributed by atoms with Crippen molar-refractivity contribution in [3.8, 4) is 0 Å². The van der Waals surface area contributed by atoms with Gasteiger partial charge in [0.05, 0.1) is 11.8 Å². The number of amides is 2. The molecular weight excluding hydrogens is 264 g/mol. The average molecular weight is 284 g/mol. The number of benzene rings is 2. The van der Waals surface area contributed by atoms with E-state index < -0.39 is 0 Å². The maximum atomic E-state index is 12.0. The highest BCUT2D eigenvalue weighted by molar-refractivity contribution is 6.01. The summed E-state index contributed by atoms with van der Waals surface area (Å²) in [6.45, 7) is 0.619. The predicted octanol–water partition coefficient (Wildman–Crippen LogP) is 3.12. The van der Waals surface area contributed by atoms with Gasteiger partial charge in [0.15, 0.2) is 0 Å². The molecule has 0 aliphatic heterocycles. The second kappa shape index (κ2) is 6.14. The van der Waals surface area contributed by atoms with Gasteiger partial charge < -0.3 is 15.7 Å². The summed E-state index contributed by atoms with van der Waals surface area (Å²) in [5.74, 6) is 0.387. The van der Waals surface area contributed by atoms with Crippen molar-refractivity contribution in [3.05, 3.63) is 42.5 Å². The van der Waals surface area contributed by atoms with Crippen LogP contribution in [0.15, 0.2) is 42.5 Å². The fourth-order valence-corrected chi connectivity index (χ4v) is 2.97. The van der Waals surface area contributed by atoms with E-state index in [2.05, 4.69) is 10.6 Å². The first-order chi connectivity index (χ1) is 10.2. The number of rotatable bonds is 3. The Morgan fingerprint density at radius 3 is 2.76 bits per heavy atom. The van der Waals surface area contributed by atoms with Crippen molar-refractivity contribution in [2.45, 2.75) is 25.4 Å². The molecule has 0 aromatic heterocycles. The van der Waals surface area contributed by atoms with Gasteiger partial charge in [-0.3, -0.25) is 0 Å². The number of aliphatic hydroxyl groups excluding tert-OH is 1. The first kappa shape index (κ1) is 13.9. The molecule has 2 aromatic carbocycles. The van der Waals surface area contributed by atoms with Gasteiger partial charge in [0.2, 0.25) is 0 Å². The van der Waals surface area contributed by atoms with E-state index in [9.17, 15) is 9.90 Å². The van der Waals surface area contributed by atoms with E-state index in [-0.39, 0.29) is 12.1 Å². The molecule has 21 heavy (non-hydrogen) atoms. The minimum Gasteiger partial charge on any atom is -0.393 e. The Hall–Kier alpha value is -2.07. The van der Waals surface area contributed by atoms with E-state index in [1.54, 1.807) is 0 Å². The molecule has 3 N–H and O–H groups in total. The van der Waals surface area contributed by atoms with Gasteiger partial charge in [-0.1, -0.05) is 36.4 Å². The van der Waals surface area contributed by atoms with Gasteiger partial charge in [-0.2, -0.15) is 0 Å². The first-order valence-electron chi connectivity index (χ1n) is 7.43. The van der Waals surface area contributed by atoms with Crippen LogP contribution in [0.5, 0.6) is 0 Å². The van der Waals surface area contributed by atoms with Crippen LogP contribution in [-0.2, 0) is 0 Å². The molecule has 0 bridgehead atoms. The smallest absolute Gasteiger partial charge is 0.319 e. The molecule has 2 amide bonds. The lowest BCUT2D eigenvalue weighted by molar-refractivity contribution is 0.177. The monoisotopic (exact) mass is 284 g/mol. The molecule has 110 valence electrons. The van der Waals surface area contributed by atoms with Crippen molar-refractivity contribution in [2.75, 3.05) is 11.9 Å². The molecule has 0 spiro atoms. The van der Waals surface area contributed by atoms with Crippen molar-refractivity contribution in [2.24, 2.45) is 5.92 Å². The van der Waals surface area contributed by atoms with Crippen LogP contribution in [0.2, 0.25) is 0 Å². The van der Waals surface area contributed by atoms with Crippen molar-refractivity contribution in [1.82, 2.24) is 5.32 Å². The van der Waals surface area contributed by atoms with E-state index in [1.165, 1.54) is 0 Å². The van der Waals surface area contributed by atoms with E-state index in [0.29, 0.717) is 12.5 Å². The van der Waals surface area contributed by atoms with E-state index in [4.69, 9.17) is 0 Å². The third kappa shape index (κ3) is 3.34. The fourth-order valence-electron chi connectivity index (χ4n) is 2.97. The molecule has 1 aliphatic rings. The normalized spacial score (nSPS) is 21.4. The molecule has 0 heterocycles. The summed E-state index contributed by atoms with van der Waals surface area (Å²) in [7, 11) is 0. The number of hydrogen-bond acceptors (Lipinski definition) is 2. The lowest BCUT2D eigenvalue weighted by Crippen LogP contribution is -2.32. The molecule has 3 rings (SSSR count). The van der Waals surface area contributed by atoms with Crippen LogP contribution in [-0.4, -0.2) is 23.8 Å². The second-order valence-electron chi connectivity index (χ2n) is 5.69. The van der Waals surface area contributed by atoms with Gasteiger partial charge in [0.1, 0.15) is 0 Å². The molecule has 4 nitrogen and oxygen atoms in total. The number of hydrogen-bond donors (Lipinski definition) is 3. The molecule has 4 heteroatoms. The third-order valence-electron chi connectivity index (χ3n) is 4.10. The van der Waals surface area contributed by atoms with Crippen LogP contribution in [0.3, 0.4) is 0 Å². The quantitative estimate of drug-likeness (QED) is 0.811. The number of carbonyl (C=O) groups is 1. The Labute approximate surface area is 124 Å². The summed E-state index contributed by atoms with van der Waals surface area (Å²) in [5, 5.41) is 17.4. The zero-order chi connectivity index (χ0) is 14.7. The molecular formula is C17H20N2O2. The summed E-state index contributed by atoms with van der Waals surface area (Å²) in [6, 6.07) is 13.7. The van der Waals surface area contributed by atoms with Crippen molar-refractivity contribution in [1.29, 1.82) is 0 Å². The summed E-state index contributed by atoms with van der Waals surface area (Å²) in [4.78, 5) is 12.0. The van der Waals surface area contributed by atoms with Crippen LogP contribution >= 0.6 is 0 Å². The first-order valence-corrected chi connectivity index (χ1v) is 7.43. The Kier molecular flexibility index (Phi) is 4.06. The largest absolute Gasteiger partial charge is 0.393 e. The zero-order valence-corrected chi connectivity index (χ0v) is 11.9. The molecule has 2 atom stereocenters. The molecule has 1 fully saturated rings. The van der Waals surface area contributed by atoms with Gasteiger partial charge in [-0.15, -0.1) is 0 Å². The van der Waals surface area contributed by atoms with Gasteiger partial charge in [-0.25, -0.2) is 4.79 Å². The van der Waals surface area contributed by atoms with Crippen LogP contribution in [0, 0.1) is 5.92 Å². The number of carbonyl (C=O) groups excluding carboxylic acids is 1. The highest BCUT2D eigenvalue weighted by Crippen LogP contribution is 2.25. The molecule has 0 radical (unpaired) electrons. The van der Waals surface area contributed by atoms with Gasteiger partial charge in [0, 0.05) is 11.9 Å². The number of fused-ring (bicyclic) bond motifs is 1. The van der Waals surface area contributed by atoms with Gasteiger partial charge in [0.25, 0.3) is 0 Å². The van der Waals surface area contributed by atoms with Crippen LogP contribution in [0.25, 0.3) is 10.8 Å². The summed E-state index contributed by atoms with van der Waals surface area (Å²) in [5.41, 5.74) is 0.817. The minimum atomic E-state index is -0.196. The molecule has 2 unspecified atom stereocenters. The van der Waals surface area contributed by atoms with Crippen molar-refractivity contribution >= 4 is 22.5 Å². The Morgan fingerprint density at radius 1 is 1.14 bits per heavy atom. The molecule has 0 saturated heterocycles. The standard InChI is InChI=1S/C17H20N2O2/c20-14-9-8-12(10-14)11-18-17(21)19-16-7-3-5-13-4-1-2-6-15(13)16/h1-7,12,14,20H,8-11H2,(H2,18,19,21). The number of aliphatic hydroxyl groups is 1. The molecule has 2 aromatic rings. The summed E-state index contributed by atoms with van der Waals surface area (Å²) < 4.78 is 0.